The highest BCUT2D eigenvalue weighted by molar-refractivity contribution is 6.31. The van der Waals surface area contributed by atoms with Gasteiger partial charge in [0.25, 0.3) is 0 Å². The standard InChI is InChI=1S/C14H20ClNO/c15-13-9-5-4-8-12(13)14(10-16)17-11-6-2-1-3-7-11/h4-5,8-9,11,14H,1-3,6-7,10,16H2. The van der Waals surface area contributed by atoms with Crippen molar-refractivity contribution in [3.63, 3.8) is 0 Å². The molecule has 1 aliphatic carbocycles. The minimum atomic E-state index is -0.0631. The lowest BCUT2D eigenvalue weighted by molar-refractivity contribution is -0.0268. The van der Waals surface area contributed by atoms with Crippen molar-refractivity contribution in [3.8, 4) is 0 Å². The number of hydrogen-bond donors (Lipinski definition) is 1. The van der Waals surface area contributed by atoms with Crippen LogP contribution in [0.25, 0.3) is 0 Å². The van der Waals surface area contributed by atoms with Crippen LogP contribution in [0.2, 0.25) is 5.02 Å². The molecule has 1 aromatic rings. The van der Waals surface area contributed by atoms with Crippen molar-refractivity contribution >= 4 is 11.6 Å². The Morgan fingerprint density at radius 1 is 1.24 bits per heavy atom. The summed E-state index contributed by atoms with van der Waals surface area (Å²) in [6.07, 6.45) is 6.47. The SMILES string of the molecule is NCC(OC1CCCCC1)c1ccccc1Cl. The molecule has 17 heavy (non-hydrogen) atoms. The maximum absolute atomic E-state index is 6.18. The van der Waals surface area contributed by atoms with Crippen LogP contribution in [0.3, 0.4) is 0 Å². The van der Waals surface area contributed by atoms with Crippen LogP contribution >= 0.6 is 11.6 Å². The van der Waals surface area contributed by atoms with Crippen molar-refractivity contribution in [2.24, 2.45) is 5.73 Å². The Labute approximate surface area is 108 Å². The van der Waals surface area contributed by atoms with Crippen molar-refractivity contribution in [1.29, 1.82) is 0 Å². The van der Waals surface area contributed by atoms with Crippen molar-refractivity contribution in [2.75, 3.05) is 6.54 Å². The zero-order valence-electron chi connectivity index (χ0n) is 10.1. The molecular formula is C14H20ClNO. The van der Waals surface area contributed by atoms with Gasteiger partial charge in [-0.2, -0.15) is 0 Å². The van der Waals surface area contributed by atoms with Crippen molar-refractivity contribution in [3.05, 3.63) is 34.9 Å². The highest BCUT2D eigenvalue weighted by atomic mass is 35.5. The van der Waals surface area contributed by atoms with Gasteiger partial charge in [0, 0.05) is 17.1 Å². The van der Waals surface area contributed by atoms with E-state index in [0.717, 1.165) is 23.4 Å². The van der Waals surface area contributed by atoms with Gasteiger partial charge in [-0.1, -0.05) is 49.1 Å². The van der Waals surface area contributed by atoms with E-state index in [1.165, 1.54) is 19.3 Å². The molecule has 0 amide bonds. The lowest BCUT2D eigenvalue weighted by Gasteiger charge is -2.27. The molecule has 2 N–H and O–H groups in total. The van der Waals surface area contributed by atoms with E-state index >= 15 is 0 Å². The van der Waals surface area contributed by atoms with Gasteiger partial charge in [0.1, 0.15) is 0 Å². The molecule has 1 fully saturated rings. The van der Waals surface area contributed by atoms with Gasteiger partial charge >= 0.3 is 0 Å². The predicted molar refractivity (Wildman–Crippen MR) is 71.2 cm³/mol. The van der Waals surface area contributed by atoms with Gasteiger partial charge in [-0.15, -0.1) is 0 Å². The number of benzene rings is 1. The first-order valence-electron chi connectivity index (χ1n) is 6.41. The highest BCUT2D eigenvalue weighted by Gasteiger charge is 2.20. The van der Waals surface area contributed by atoms with Crippen LogP contribution < -0.4 is 5.73 Å². The van der Waals surface area contributed by atoms with E-state index in [1.54, 1.807) is 0 Å². The Kier molecular flexibility index (Phi) is 4.84. The van der Waals surface area contributed by atoms with E-state index in [0.29, 0.717) is 12.6 Å². The fraction of sp³-hybridized carbons (Fsp3) is 0.571. The summed E-state index contributed by atoms with van der Waals surface area (Å²) in [6, 6.07) is 7.81. The van der Waals surface area contributed by atoms with Gasteiger partial charge in [0.15, 0.2) is 0 Å². The van der Waals surface area contributed by atoms with E-state index in [-0.39, 0.29) is 6.10 Å². The Morgan fingerprint density at radius 2 is 1.94 bits per heavy atom. The Balaban J connectivity index is 2.03. The summed E-state index contributed by atoms with van der Waals surface area (Å²) in [6.45, 7) is 0.486. The molecule has 2 nitrogen and oxygen atoms in total. The Hall–Kier alpha value is -0.570. The molecule has 1 aromatic carbocycles. The zero-order valence-corrected chi connectivity index (χ0v) is 10.8. The van der Waals surface area contributed by atoms with Gasteiger partial charge in [-0.3, -0.25) is 0 Å². The van der Waals surface area contributed by atoms with E-state index in [1.807, 2.05) is 24.3 Å². The van der Waals surface area contributed by atoms with E-state index in [2.05, 4.69) is 0 Å². The minimum absolute atomic E-state index is 0.0631. The van der Waals surface area contributed by atoms with Crippen LogP contribution in [0, 0.1) is 0 Å². The second-order valence-corrected chi connectivity index (χ2v) is 5.05. The molecule has 1 unspecified atom stereocenters. The Bertz CT molecular complexity index is 350. The number of rotatable bonds is 4. The normalized spacial score (nSPS) is 19.2. The molecule has 1 atom stereocenters. The first-order valence-corrected chi connectivity index (χ1v) is 6.79. The number of hydrogen-bond acceptors (Lipinski definition) is 2. The molecule has 1 saturated carbocycles. The second-order valence-electron chi connectivity index (χ2n) is 4.64. The van der Waals surface area contributed by atoms with Gasteiger partial charge in [-0.05, 0) is 18.9 Å². The molecule has 2 rings (SSSR count). The average molecular weight is 254 g/mol. The quantitative estimate of drug-likeness (QED) is 0.888. The van der Waals surface area contributed by atoms with Crippen molar-refractivity contribution in [2.45, 2.75) is 44.3 Å². The van der Waals surface area contributed by atoms with Gasteiger partial charge < -0.3 is 10.5 Å². The molecule has 0 spiro atoms. The van der Waals surface area contributed by atoms with Gasteiger partial charge in [0.2, 0.25) is 0 Å². The lowest BCUT2D eigenvalue weighted by Crippen LogP contribution is -2.24. The molecule has 0 aromatic heterocycles. The number of ether oxygens (including phenoxy) is 1. The summed E-state index contributed by atoms with van der Waals surface area (Å²) in [5, 5.41) is 0.749. The van der Waals surface area contributed by atoms with E-state index in [9.17, 15) is 0 Å². The Morgan fingerprint density at radius 3 is 2.59 bits per heavy atom. The average Bonchev–Trinajstić information content (AvgIpc) is 2.38. The molecular weight excluding hydrogens is 234 g/mol. The highest BCUT2D eigenvalue weighted by Crippen LogP contribution is 2.29. The lowest BCUT2D eigenvalue weighted by atomic mass is 9.97. The predicted octanol–water partition coefficient (Wildman–Crippen LogP) is 3.69. The first-order chi connectivity index (χ1) is 8.31. The van der Waals surface area contributed by atoms with Crippen LogP contribution in [-0.2, 0) is 4.74 Å². The third kappa shape index (κ3) is 3.44. The van der Waals surface area contributed by atoms with E-state index in [4.69, 9.17) is 22.1 Å². The van der Waals surface area contributed by atoms with Crippen molar-refractivity contribution < 1.29 is 4.74 Å². The number of halogens is 1. The first kappa shape index (κ1) is 12.9. The topological polar surface area (TPSA) is 35.2 Å². The number of nitrogens with two attached hydrogens (primary N) is 1. The molecule has 1 aliphatic rings. The van der Waals surface area contributed by atoms with E-state index < -0.39 is 0 Å². The largest absolute Gasteiger partial charge is 0.369 e. The van der Waals surface area contributed by atoms with Crippen LogP contribution in [0.15, 0.2) is 24.3 Å². The summed E-state index contributed by atoms with van der Waals surface area (Å²) in [5.74, 6) is 0. The van der Waals surface area contributed by atoms with Crippen LogP contribution in [0.4, 0.5) is 0 Å². The molecule has 3 heteroatoms. The fourth-order valence-corrected chi connectivity index (χ4v) is 2.68. The molecule has 0 aliphatic heterocycles. The fourth-order valence-electron chi connectivity index (χ4n) is 2.43. The van der Waals surface area contributed by atoms with Gasteiger partial charge in [-0.25, -0.2) is 0 Å². The minimum Gasteiger partial charge on any atom is -0.369 e. The van der Waals surface area contributed by atoms with Gasteiger partial charge in [0.05, 0.1) is 12.2 Å². The van der Waals surface area contributed by atoms with Crippen LogP contribution in [-0.4, -0.2) is 12.6 Å². The molecule has 94 valence electrons. The molecule has 0 radical (unpaired) electrons. The molecule has 0 saturated heterocycles. The third-order valence-electron chi connectivity index (χ3n) is 3.38. The summed E-state index contributed by atoms with van der Waals surface area (Å²) in [4.78, 5) is 0. The van der Waals surface area contributed by atoms with Crippen LogP contribution in [0.1, 0.15) is 43.8 Å². The van der Waals surface area contributed by atoms with Crippen LogP contribution in [0.5, 0.6) is 0 Å². The smallest absolute Gasteiger partial charge is 0.0965 e. The summed E-state index contributed by atoms with van der Waals surface area (Å²) in [5.41, 5.74) is 6.82. The summed E-state index contributed by atoms with van der Waals surface area (Å²) in [7, 11) is 0. The third-order valence-corrected chi connectivity index (χ3v) is 3.72. The molecule has 0 bridgehead atoms. The van der Waals surface area contributed by atoms with Crippen molar-refractivity contribution in [1.82, 2.24) is 0 Å². The molecule has 0 heterocycles. The summed E-state index contributed by atoms with van der Waals surface area (Å²) < 4.78 is 6.10. The zero-order chi connectivity index (χ0) is 12.1. The maximum Gasteiger partial charge on any atom is 0.0965 e. The second kappa shape index (κ2) is 6.39. The summed E-state index contributed by atoms with van der Waals surface area (Å²) >= 11 is 6.18. The monoisotopic (exact) mass is 253 g/mol. The maximum atomic E-state index is 6.18.